The fourth-order valence-electron chi connectivity index (χ4n) is 1.87. The van der Waals surface area contributed by atoms with Crippen LogP contribution in [-0.2, 0) is 0 Å². The summed E-state index contributed by atoms with van der Waals surface area (Å²) in [7, 11) is 0. The van der Waals surface area contributed by atoms with Crippen LogP contribution in [0.15, 0.2) is 46.8 Å². The molecule has 0 aliphatic carbocycles. The van der Waals surface area contributed by atoms with E-state index in [1.165, 1.54) is 34.2 Å². The Kier molecular flexibility index (Phi) is 4.09. The minimum Gasteiger partial charge on any atom is -0.268 e. The molecule has 0 fully saturated rings. The summed E-state index contributed by atoms with van der Waals surface area (Å²) in [5.74, 6) is -1.35. The monoisotopic (exact) mass is 348 g/mol. The third-order valence-corrected chi connectivity index (χ3v) is 4.10. The number of thiazole rings is 1. The van der Waals surface area contributed by atoms with Crippen molar-refractivity contribution in [3.05, 3.63) is 68.5 Å². The fourth-order valence-corrected chi connectivity index (χ4v) is 2.77. The Labute approximate surface area is 138 Å². The Bertz CT molecular complexity index is 966. The Balaban J connectivity index is 1.76. The number of hydrogen-bond acceptors (Lipinski definition) is 5. The van der Waals surface area contributed by atoms with Crippen molar-refractivity contribution in [2.45, 2.75) is 0 Å². The molecule has 2 N–H and O–H groups in total. The van der Waals surface area contributed by atoms with Crippen LogP contribution >= 0.6 is 22.9 Å². The third kappa shape index (κ3) is 2.94. The van der Waals surface area contributed by atoms with E-state index in [4.69, 9.17) is 11.6 Å². The average molecular weight is 349 g/mol. The molecule has 3 rings (SSSR count). The number of carbonyl (C=O) groups excluding carboxylic acids is 2. The van der Waals surface area contributed by atoms with Crippen molar-refractivity contribution in [1.82, 2.24) is 20.2 Å². The standard InChI is InChI=1S/C14H9ClN4O3S/c15-10-4-2-1-3-8(10)11(20)17-18-12(21)9-7-16-14-19(13(9)22)5-6-23-14/h1-7H,(H,17,20)(H,18,21). The van der Waals surface area contributed by atoms with Crippen LogP contribution in [0.1, 0.15) is 20.7 Å². The number of carbonyl (C=O) groups is 2. The summed E-state index contributed by atoms with van der Waals surface area (Å²) in [5, 5.41) is 1.94. The summed E-state index contributed by atoms with van der Waals surface area (Å²) in [6.45, 7) is 0. The van der Waals surface area contributed by atoms with Gasteiger partial charge in [0.25, 0.3) is 17.4 Å². The summed E-state index contributed by atoms with van der Waals surface area (Å²) in [6.07, 6.45) is 2.69. The molecular weight excluding hydrogens is 340 g/mol. The molecule has 2 amide bonds. The number of nitrogens with one attached hydrogen (secondary N) is 2. The van der Waals surface area contributed by atoms with Gasteiger partial charge in [0.2, 0.25) is 0 Å². The smallest absolute Gasteiger partial charge is 0.268 e. The van der Waals surface area contributed by atoms with Gasteiger partial charge in [-0.1, -0.05) is 23.7 Å². The van der Waals surface area contributed by atoms with Crippen LogP contribution in [-0.4, -0.2) is 21.2 Å². The first-order valence-electron chi connectivity index (χ1n) is 6.38. The summed E-state index contributed by atoms with van der Waals surface area (Å²) in [5.41, 5.74) is 3.90. The molecule has 2 aromatic heterocycles. The lowest BCUT2D eigenvalue weighted by Crippen LogP contribution is -2.43. The summed E-state index contributed by atoms with van der Waals surface area (Å²) in [4.78, 5) is 40.6. The van der Waals surface area contributed by atoms with Crippen LogP contribution in [0.2, 0.25) is 5.02 Å². The number of aromatic nitrogens is 2. The van der Waals surface area contributed by atoms with Gasteiger partial charge < -0.3 is 0 Å². The molecule has 0 atom stereocenters. The topological polar surface area (TPSA) is 92.6 Å². The quantitative estimate of drug-likeness (QED) is 0.686. The van der Waals surface area contributed by atoms with Crippen LogP contribution in [0.25, 0.3) is 4.96 Å². The van der Waals surface area contributed by atoms with Crippen LogP contribution < -0.4 is 16.4 Å². The second-order valence-electron chi connectivity index (χ2n) is 4.42. The first-order chi connectivity index (χ1) is 11.1. The molecule has 7 nitrogen and oxygen atoms in total. The van der Waals surface area contributed by atoms with Crippen LogP contribution in [0.3, 0.4) is 0 Å². The second kappa shape index (κ2) is 6.19. The molecule has 0 saturated carbocycles. The molecule has 2 heterocycles. The highest BCUT2D eigenvalue weighted by atomic mass is 35.5. The van der Waals surface area contributed by atoms with Crippen molar-refractivity contribution in [2.24, 2.45) is 0 Å². The molecule has 0 bridgehead atoms. The average Bonchev–Trinajstić information content (AvgIpc) is 3.02. The van der Waals surface area contributed by atoms with E-state index >= 15 is 0 Å². The highest BCUT2D eigenvalue weighted by Crippen LogP contribution is 2.14. The second-order valence-corrected chi connectivity index (χ2v) is 5.70. The molecule has 0 aliphatic rings. The molecule has 3 aromatic rings. The molecule has 0 spiro atoms. The zero-order chi connectivity index (χ0) is 16.4. The van der Waals surface area contributed by atoms with Gasteiger partial charge in [0.05, 0.1) is 10.6 Å². The molecule has 0 aliphatic heterocycles. The van der Waals surface area contributed by atoms with E-state index in [0.29, 0.717) is 4.96 Å². The zero-order valence-corrected chi connectivity index (χ0v) is 13.0. The molecule has 0 unspecified atom stereocenters. The largest absolute Gasteiger partial charge is 0.276 e. The number of benzene rings is 1. The van der Waals surface area contributed by atoms with Crippen LogP contribution in [0.4, 0.5) is 0 Å². The number of halogens is 1. The van der Waals surface area contributed by atoms with Crippen molar-refractivity contribution in [3.8, 4) is 0 Å². The number of amides is 2. The van der Waals surface area contributed by atoms with Crippen molar-refractivity contribution in [2.75, 3.05) is 0 Å². The van der Waals surface area contributed by atoms with Crippen molar-refractivity contribution < 1.29 is 9.59 Å². The maximum atomic E-state index is 12.1. The molecular formula is C14H9ClN4O3S. The van der Waals surface area contributed by atoms with E-state index in [0.717, 1.165) is 0 Å². The SMILES string of the molecule is O=C(NNC(=O)c1cnc2sccn2c1=O)c1ccccc1Cl. The number of fused-ring (bicyclic) bond motifs is 1. The normalized spacial score (nSPS) is 10.5. The number of nitrogens with zero attached hydrogens (tertiary/aromatic N) is 2. The van der Waals surface area contributed by atoms with Gasteiger partial charge in [-0.2, -0.15) is 0 Å². The van der Waals surface area contributed by atoms with Gasteiger partial charge in [-0.05, 0) is 12.1 Å². The maximum Gasteiger partial charge on any atom is 0.276 e. The number of rotatable bonds is 2. The lowest BCUT2D eigenvalue weighted by molar-refractivity contribution is 0.0845. The number of hydrogen-bond donors (Lipinski definition) is 2. The summed E-state index contributed by atoms with van der Waals surface area (Å²) in [6, 6.07) is 6.39. The van der Waals surface area contributed by atoms with Gasteiger partial charge in [-0.3, -0.25) is 29.6 Å². The van der Waals surface area contributed by atoms with E-state index in [-0.39, 0.29) is 16.1 Å². The fraction of sp³-hybridized carbons (Fsp3) is 0. The zero-order valence-electron chi connectivity index (χ0n) is 11.4. The van der Waals surface area contributed by atoms with Crippen LogP contribution in [0.5, 0.6) is 0 Å². The third-order valence-electron chi connectivity index (χ3n) is 3.00. The lowest BCUT2D eigenvalue weighted by atomic mass is 10.2. The van der Waals surface area contributed by atoms with Gasteiger partial charge in [-0.15, -0.1) is 11.3 Å². The highest BCUT2D eigenvalue weighted by Gasteiger charge is 2.15. The minimum absolute atomic E-state index is 0.180. The molecule has 0 saturated heterocycles. The first-order valence-corrected chi connectivity index (χ1v) is 7.64. The van der Waals surface area contributed by atoms with E-state index in [2.05, 4.69) is 15.8 Å². The molecule has 23 heavy (non-hydrogen) atoms. The lowest BCUT2D eigenvalue weighted by Gasteiger charge is -2.08. The predicted octanol–water partition coefficient (Wildman–Crippen LogP) is 1.48. The van der Waals surface area contributed by atoms with Gasteiger partial charge in [0.15, 0.2) is 4.96 Å². The molecule has 116 valence electrons. The van der Waals surface area contributed by atoms with Gasteiger partial charge >= 0.3 is 0 Å². The van der Waals surface area contributed by atoms with Gasteiger partial charge in [-0.25, -0.2) is 4.98 Å². The Morgan fingerprint density at radius 2 is 1.83 bits per heavy atom. The Morgan fingerprint density at radius 1 is 1.13 bits per heavy atom. The maximum absolute atomic E-state index is 12.1. The van der Waals surface area contributed by atoms with E-state index in [1.807, 2.05) is 0 Å². The van der Waals surface area contributed by atoms with E-state index < -0.39 is 17.4 Å². The molecule has 1 aromatic carbocycles. The van der Waals surface area contributed by atoms with Gasteiger partial charge in [0, 0.05) is 17.8 Å². The Morgan fingerprint density at radius 3 is 2.57 bits per heavy atom. The van der Waals surface area contributed by atoms with Crippen LogP contribution in [0, 0.1) is 0 Å². The Hall–Kier alpha value is -2.71. The van der Waals surface area contributed by atoms with Crippen molar-refractivity contribution in [1.29, 1.82) is 0 Å². The first kappa shape index (κ1) is 15.2. The summed E-state index contributed by atoms with van der Waals surface area (Å²) < 4.78 is 1.26. The highest BCUT2D eigenvalue weighted by molar-refractivity contribution is 7.15. The predicted molar refractivity (Wildman–Crippen MR) is 85.7 cm³/mol. The van der Waals surface area contributed by atoms with Gasteiger partial charge in [0.1, 0.15) is 5.56 Å². The van der Waals surface area contributed by atoms with E-state index in [1.54, 1.807) is 23.6 Å². The van der Waals surface area contributed by atoms with Crippen molar-refractivity contribution in [3.63, 3.8) is 0 Å². The van der Waals surface area contributed by atoms with E-state index in [9.17, 15) is 14.4 Å². The minimum atomic E-state index is -0.761. The number of hydrazine groups is 1. The van der Waals surface area contributed by atoms with Crippen molar-refractivity contribution >= 4 is 39.7 Å². The summed E-state index contributed by atoms with van der Waals surface area (Å²) >= 11 is 7.17. The molecule has 9 heteroatoms. The molecule has 0 radical (unpaired) electrons.